The highest BCUT2D eigenvalue weighted by Crippen LogP contribution is 2.34. The molecule has 0 bridgehead atoms. The Balaban J connectivity index is 2.55. The second-order valence-electron chi connectivity index (χ2n) is 4.30. The molecule has 0 radical (unpaired) electrons. The van der Waals surface area contributed by atoms with Crippen LogP contribution in [0.25, 0.3) is 0 Å². The van der Waals surface area contributed by atoms with Gasteiger partial charge in [0, 0.05) is 18.8 Å². The van der Waals surface area contributed by atoms with Crippen LogP contribution in [0.1, 0.15) is 0 Å². The summed E-state index contributed by atoms with van der Waals surface area (Å²) in [4.78, 5) is 13.5. The van der Waals surface area contributed by atoms with Gasteiger partial charge in [0.05, 0.1) is 6.61 Å². The molecule has 2 heterocycles. The lowest BCUT2D eigenvalue weighted by Gasteiger charge is -2.33. The van der Waals surface area contributed by atoms with Crippen molar-refractivity contribution in [1.82, 2.24) is 9.55 Å². The number of rotatable bonds is 3. The van der Waals surface area contributed by atoms with Gasteiger partial charge in [-0.25, -0.2) is 0 Å². The van der Waals surface area contributed by atoms with Crippen LogP contribution in [0.5, 0.6) is 0 Å². The summed E-state index contributed by atoms with van der Waals surface area (Å²) in [5.74, 6) is 0. The van der Waals surface area contributed by atoms with Gasteiger partial charge in [-0.3, -0.25) is 14.3 Å². The normalized spacial score (nSPS) is 34.6. The average Bonchev–Trinajstić information content (AvgIpc) is 2.64. The molecular formula is C10H15N3O5S. The predicted molar refractivity (Wildman–Crippen MR) is 66.9 cm³/mol. The zero-order chi connectivity index (χ0) is 14.2. The van der Waals surface area contributed by atoms with Crippen LogP contribution in [0.15, 0.2) is 17.1 Å². The van der Waals surface area contributed by atoms with E-state index >= 15 is 0 Å². The lowest BCUT2D eigenvalue weighted by atomic mass is 10.0. The molecule has 106 valence electrons. The molecule has 19 heavy (non-hydrogen) atoms. The Morgan fingerprint density at radius 1 is 1.58 bits per heavy atom. The van der Waals surface area contributed by atoms with Crippen LogP contribution in [0.3, 0.4) is 0 Å². The minimum absolute atomic E-state index is 0.00258. The summed E-state index contributed by atoms with van der Waals surface area (Å²) in [5, 5.41) is 29.1. The number of H-pyrrole nitrogens is 1. The number of nitrogens with two attached hydrogens (primary N) is 1. The van der Waals surface area contributed by atoms with E-state index in [0.717, 1.165) is 0 Å². The van der Waals surface area contributed by atoms with Gasteiger partial charge in [0.25, 0.3) is 5.56 Å². The van der Waals surface area contributed by atoms with Crippen molar-refractivity contribution >= 4 is 12.2 Å². The average molecular weight is 289 g/mol. The van der Waals surface area contributed by atoms with Crippen LogP contribution in [0.4, 0.5) is 0 Å². The highest BCUT2D eigenvalue weighted by molar-refractivity contribution is 7.71. The minimum atomic E-state index is -1.52. The number of nitrogens with zero attached hydrogens (tertiary/aromatic N) is 1. The summed E-state index contributed by atoms with van der Waals surface area (Å²) < 4.78 is 6.75. The summed E-state index contributed by atoms with van der Waals surface area (Å²) in [6, 6.07) is 1.20. The zero-order valence-electron chi connectivity index (χ0n) is 9.89. The van der Waals surface area contributed by atoms with Crippen molar-refractivity contribution < 1.29 is 20.1 Å². The van der Waals surface area contributed by atoms with Crippen LogP contribution in [0, 0.1) is 4.77 Å². The van der Waals surface area contributed by atoms with Gasteiger partial charge >= 0.3 is 0 Å². The molecule has 1 aliphatic heterocycles. The Bertz CT molecular complexity index is 573. The van der Waals surface area contributed by atoms with Crippen LogP contribution in [-0.2, 0) is 10.5 Å². The Morgan fingerprint density at radius 3 is 2.74 bits per heavy atom. The first-order valence-corrected chi connectivity index (χ1v) is 6.04. The van der Waals surface area contributed by atoms with Crippen molar-refractivity contribution in [2.75, 3.05) is 13.2 Å². The quantitative estimate of drug-likeness (QED) is 0.393. The maximum absolute atomic E-state index is 11.2. The monoisotopic (exact) mass is 289 g/mol. The molecule has 0 saturated carbocycles. The molecule has 0 aromatic carbocycles. The first kappa shape index (κ1) is 14.3. The predicted octanol–water partition coefficient (Wildman–Crippen LogP) is -2.37. The summed E-state index contributed by atoms with van der Waals surface area (Å²) >= 11 is 5.00. The highest BCUT2D eigenvalue weighted by Gasteiger charge is 2.54. The molecule has 0 aliphatic carbocycles. The first-order chi connectivity index (χ1) is 8.96. The third-order valence-corrected chi connectivity index (χ3v) is 3.52. The number of aromatic nitrogens is 2. The van der Waals surface area contributed by atoms with E-state index in [2.05, 4.69) is 4.98 Å². The topological polar surface area (TPSA) is 134 Å². The fourth-order valence-electron chi connectivity index (χ4n) is 2.20. The summed E-state index contributed by atoms with van der Waals surface area (Å²) in [5.41, 5.74) is 3.72. The Morgan fingerprint density at radius 2 is 2.26 bits per heavy atom. The fraction of sp³-hybridized carbons (Fsp3) is 0.600. The number of hydrogen-bond acceptors (Lipinski definition) is 7. The molecule has 6 N–H and O–H groups in total. The Kier molecular flexibility index (Phi) is 3.85. The fourth-order valence-corrected chi connectivity index (χ4v) is 2.51. The number of aliphatic hydroxyl groups excluding tert-OH is 3. The molecule has 4 atom stereocenters. The van der Waals surface area contributed by atoms with E-state index in [9.17, 15) is 15.0 Å². The van der Waals surface area contributed by atoms with Crippen molar-refractivity contribution in [3.8, 4) is 0 Å². The van der Waals surface area contributed by atoms with E-state index in [1.165, 1.54) is 16.8 Å². The second-order valence-corrected chi connectivity index (χ2v) is 4.69. The van der Waals surface area contributed by atoms with E-state index in [0.29, 0.717) is 0 Å². The van der Waals surface area contributed by atoms with Gasteiger partial charge in [0.1, 0.15) is 18.3 Å². The Labute approximate surface area is 113 Å². The molecule has 9 heteroatoms. The molecule has 1 aromatic rings. The molecule has 8 nitrogen and oxygen atoms in total. The molecule has 1 aliphatic rings. The van der Waals surface area contributed by atoms with Crippen LogP contribution in [-0.4, -0.2) is 56.3 Å². The van der Waals surface area contributed by atoms with Crippen LogP contribution >= 0.6 is 12.2 Å². The van der Waals surface area contributed by atoms with Gasteiger partial charge in [-0.15, -0.1) is 0 Å². The van der Waals surface area contributed by atoms with Crippen molar-refractivity contribution in [2.45, 2.75) is 24.0 Å². The molecule has 0 spiro atoms. The molecule has 1 aromatic heterocycles. The minimum Gasteiger partial charge on any atom is -0.394 e. The SMILES string of the molecule is NC[C@@]1(n2ccc(=O)[nH]c2=S)O[C@H](CO)[C@@H](O)[C@H]1O. The smallest absolute Gasteiger partial charge is 0.251 e. The summed E-state index contributed by atoms with van der Waals surface area (Å²) in [7, 11) is 0. The molecule has 1 saturated heterocycles. The highest BCUT2D eigenvalue weighted by atomic mass is 32.1. The lowest BCUT2D eigenvalue weighted by molar-refractivity contribution is -0.142. The largest absolute Gasteiger partial charge is 0.394 e. The molecule has 0 unspecified atom stereocenters. The van der Waals surface area contributed by atoms with Gasteiger partial charge in [-0.1, -0.05) is 0 Å². The number of aliphatic hydroxyl groups is 3. The van der Waals surface area contributed by atoms with E-state index in [1.807, 2.05) is 0 Å². The van der Waals surface area contributed by atoms with Gasteiger partial charge in [-0.05, 0) is 12.2 Å². The van der Waals surface area contributed by atoms with Gasteiger partial charge in [0.2, 0.25) is 0 Å². The molecule has 0 amide bonds. The maximum Gasteiger partial charge on any atom is 0.251 e. The number of nitrogens with one attached hydrogen (secondary N) is 1. The third-order valence-electron chi connectivity index (χ3n) is 3.23. The summed E-state index contributed by atoms with van der Waals surface area (Å²) in [6.07, 6.45) is -2.34. The van der Waals surface area contributed by atoms with Gasteiger partial charge in [0.15, 0.2) is 10.5 Å². The van der Waals surface area contributed by atoms with E-state index in [-0.39, 0.29) is 11.3 Å². The first-order valence-electron chi connectivity index (χ1n) is 5.63. The Hall–Kier alpha value is -1.10. The van der Waals surface area contributed by atoms with E-state index < -0.39 is 36.2 Å². The summed E-state index contributed by atoms with van der Waals surface area (Å²) in [6.45, 7) is -0.668. The molecule has 1 fully saturated rings. The zero-order valence-corrected chi connectivity index (χ0v) is 10.7. The van der Waals surface area contributed by atoms with Gasteiger partial charge in [-0.2, -0.15) is 0 Å². The maximum atomic E-state index is 11.2. The second kappa shape index (κ2) is 5.12. The molecular weight excluding hydrogens is 274 g/mol. The van der Waals surface area contributed by atoms with Crippen LogP contribution in [0.2, 0.25) is 0 Å². The van der Waals surface area contributed by atoms with E-state index in [1.54, 1.807) is 0 Å². The lowest BCUT2D eigenvalue weighted by Crippen LogP contribution is -2.51. The molecule has 2 rings (SSSR count). The van der Waals surface area contributed by atoms with Crippen LogP contribution < -0.4 is 11.3 Å². The van der Waals surface area contributed by atoms with Crippen molar-refractivity contribution in [1.29, 1.82) is 0 Å². The van der Waals surface area contributed by atoms with Crippen molar-refractivity contribution in [3.63, 3.8) is 0 Å². The third kappa shape index (κ3) is 2.14. The van der Waals surface area contributed by atoms with Gasteiger partial charge < -0.3 is 25.8 Å². The number of hydrogen-bond donors (Lipinski definition) is 5. The number of aromatic amines is 1. The van der Waals surface area contributed by atoms with Crippen molar-refractivity contribution in [3.05, 3.63) is 27.4 Å². The van der Waals surface area contributed by atoms with E-state index in [4.69, 9.17) is 27.8 Å². The number of ether oxygens (including phenoxy) is 1. The standard InChI is InChI=1S/C10H15N3O5S/c11-4-10(8(17)7(16)5(3-14)18-10)13-2-1-6(15)12-9(13)19/h1-2,5,7-8,14,16-17H,3-4,11H2,(H,12,15,19)/t5-,7-,8-,10-/m1/s1. The van der Waals surface area contributed by atoms with Crippen molar-refractivity contribution in [2.24, 2.45) is 5.73 Å².